The van der Waals surface area contributed by atoms with Gasteiger partial charge in [-0.1, -0.05) is 59.6 Å². The largest absolute Gasteiger partial charge is 0.465 e. The minimum Gasteiger partial charge on any atom is -0.465 e. The number of esters is 1. The summed E-state index contributed by atoms with van der Waals surface area (Å²) in [7, 11) is 1.21. The van der Waals surface area contributed by atoms with Crippen LogP contribution in [0.3, 0.4) is 0 Å². The summed E-state index contributed by atoms with van der Waals surface area (Å²) in [6, 6.07) is 14.0. The van der Waals surface area contributed by atoms with Crippen molar-refractivity contribution in [2.75, 3.05) is 7.11 Å². The van der Waals surface area contributed by atoms with E-state index < -0.39 is 12.1 Å². The summed E-state index contributed by atoms with van der Waals surface area (Å²) >= 11 is 11.8. The van der Waals surface area contributed by atoms with Crippen LogP contribution in [0.5, 0.6) is 0 Å². The molecule has 25 heavy (non-hydrogen) atoms. The Morgan fingerprint density at radius 3 is 2.36 bits per heavy atom. The highest BCUT2D eigenvalue weighted by molar-refractivity contribution is 6.42. The number of aliphatic imine (C=N–C) groups is 1. The van der Waals surface area contributed by atoms with Gasteiger partial charge in [-0.2, -0.15) is 4.99 Å². The molecule has 0 radical (unpaired) electrons. The Balaban J connectivity index is 2.09. The number of hydrogen-bond donors (Lipinski definition) is 0. The van der Waals surface area contributed by atoms with Gasteiger partial charge in [0.25, 0.3) is 0 Å². The van der Waals surface area contributed by atoms with Crippen LogP contribution in [0.2, 0.25) is 10.0 Å². The Morgan fingerprint density at radius 2 is 1.72 bits per heavy atom. The molecule has 130 valence electrons. The van der Waals surface area contributed by atoms with Gasteiger partial charge in [0, 0.05) is 6.42 Å². The van der Waals surface area contributed by atoms with Crippen LogP contribution in [0, 0.1) is 0 Å². The van der Waals surface area contributed by atoms with E-state index in [-0.39, 0.29) is 18.7 Å². The molecule has 2 aromatic carbocycles. The van der Waals surface area contributed by atoms with Gasteiger partial charge in [0.15, 0.2) is 0 Å². The molecule has 0 spiro atoms. The molecule has 0 bridgehead atoms. The van der Waals surface area contributed by atoms with Crippen LogP contribution in [0.1, 0.15) is 11.1 Å². The average Bonchev–Trinajstić information content (AvgIpc) is 2.62. The molecule has 0 unspecified atom stereocenters. The molecule has 0 saturated carbocycles. The summed E-state index contributed by atoms with van der Waals surface area (Å²) in [5.74, 6) is -0.720. The highest BCUT2D eigenvalue weighted by Gasteiger charge is 2.16. The van der Waals surface area contributed by atoms with Gasteiger partial charge < -0.3 is 9.47 Å². The highest BCUT2D eigenvalue weighted by Crippen LogP contribution is 2.23. The molecule has 0 aliphatic carbocycles. The van der Waals surface area contributed by atoms with E-state index in [1.807, 2.05) is 30.3 Å². The summed E-state index contributed by atoms with van der Waals surface area (Å²) in [5, 5.41) is 0.735. The zero-order valence-corrected chi connectivity index (χ0v) is 14.9. The van der Waals surface area contributed by atoms with E-state index in [0.29, 0.717) is 15.6 Å². The molecule has 0 N–H and O–H groups in total. The summed E-state index contributed by atoms with van der Waals surface area (Å²) < 4.78 is 9.72. The lowest BCUT2D eigenvalue weighted by molar-refractivity contribution is -0.132. The highest BCUT2D eigenvalue weighted by atomic mass is 35.5. The number of amides is 1. The number of halogens is 2. The summed E-state index contributed by atoms with van der Waals surface area (Å²) in [6.07, 6.45) is -0.811. The molecule has 0 aliphatic heterocycles. The molecule has 0 heterocycles. The van der Waals surface area contributed by atoms with Gasteiger partial charge in [-0.05, 0) is 23.3 Å². The molecule has 7 heteroatoms. The standard InChI is InChI=1S/C18H15Cl2NO4/c1-24-17(22)16(10-13-7-8-14(19)15(20)9-13)21-18(23)25-11-12-5-3-2-4-6-12/h2-9H,10-11H2,1H3. The molecular formula is C18H15Cl2NO4. The van der Waals surface area contributed by atoms with Crippen molar-refractivity contribution in [1.82, 2.24) is 0 Å². The normalized spacial score (nSPS) is 11.1. The number of benzene rings is 2. The van der Waals surface area contributed by atoms with Gasteiger partial charge in [-0.3, -0.25) is 0 Å². The van der Waals surface area contributed by atoms with E-state index in [4.69, 9.17) is 27.9 Å². The first kappa shape index (κ1) is 19.0. The van der Waals surface area contributed by atoms with Crippen LogP contribution < -0.4 is 0 Å². The van der Waals surface area contributed by atoms with E-state index in [0.717, 1.165) is 5.56 Å². The molecule has 2 aromatic rings. The van der Waals surface area contributed by atoms with Crippen molar-refractivity contribution >= 4 is 41.0 Å². The number of hydrogen-bond acceptors (Lipinski definition) is 4. The monoisotopic (exact) mass is 379 g/mol. The van der Waals surface area contributed by atoms with Crippen LogP contribution in [0.4, 0.5) is 4.79 Å². The Kier molecular flexibility index (Phi) is 6.98. The number of carbonyl (C=O) groups is 2. The van der Waals surface area contributed by atoms with Gasteiger partial charge in [-0.25, -0.2) is 9.59 Å². The zero-order chi connectivity index (χ0) is 18.2. The first-order valence-corrected chi connectivity index (χ1v) is 8.05. The molecule has 0 fully saturated rings. The lowest BCUT2D eigenvalue weighted by Gasteiger charge is -2.06. The van der Waals surface area contributed by atoms with E-state index in [2.05, 4.69) is 9.73 Å². The first-order chi connectivity index (χ1) is 12.0. The van der Waals surface area contributed by atoms with Gasteiger partial charge in [0.2, 0.25) is 0 Å². The van der Waals surface area contributed by atoms with Crippen molar-refractivity contribution in [3.05, 3.63) is 69.7 Å². The van der Waals surface area contributed by atoms with Crippen molar-refractivity contribution in [3.63, 3.8) is 0 Å². The predicted molar refractivity (Wildman–Crippen MR) is 96.2 cm³/mol. The molecular weight excluding hydrogens is 365 g/mol. The van der Waals surface area contributed by atoms with Crippen LogP contribution in [-0.2, 0) is 27.3 Å². The number of nitrogens with zero attached hydrogens (tertiary/aromatic N) is 1. The quantitative estimate of drug-likeness (QED) is 0.567. The van der Waals surface area contributed by atoms with Gasteiger partial charge in [-0.15, -0.1) is 0 Å². The van der Waals surface area contributed by atoms with Crippen LogP contribution >= 0.6 is 23.2 Å². The van der Waals surface area contributed by atoms with Crippen molar-refractivity contribution in [2.24, 2.45) is 4.99 Å². The van der Waals surface area contributed by atoms with E-state index >= 15 is 0 Å². The third-order valence-electron chi connectivity index (χ3n) is 3.21. The Morgan fingerprint density at radius 1 is 1.00 bits per heavy atom. The molecule has 0 aromatic heterocycles. The van der Waals surface area contributed by atoms with Crippen LogP contribution in [0.25, 0.3) is 0 Å². The fourth-order valence-electron chi connectivity index (χ4n) is 1.98. The summed E-state index contributed by atoms with van der Waals surface area (Å²) in [5.41, 5.74) is 1.39. The van der Waals surface area contributed by atoms with Gasteiger partial charge >= 0.3 is 12.1 Å². The zero-order valence-electron chi connectivity index (χ0n) is 13.4. The van der Waals surface area contributed by atoms with Crippen molar-refractivity contribution in [1.29, 1.82) is 0 Å². The second-order valence-corrected chi connectivity index (χ2v) is 5.83. The van der Waals surface area contributed by atoms with E-state index in [9.17, 15) is 9.59 Å². The summed E-state index contributed by atoms with van der Waals surface area (Å²) in [6.45, 7) is 0.0599. The molecule has 0 saturated heterocycles. The SMILES string of the molecule is COC(=O)C(Cc1ccc(Cl)c(Cl)c1)=NC(=O)OCc1ccccc1. The minimum absolute atomic E-state index is 0.0595. The number of ether oxygens (including phenoxy) is 2. The number of carbonyl (C=O) groups excluding carboxylic acids is 2. The third kappa shape index (κ3) is 5.89. The maximum Gasteiger partial charge on any atom is 0.434 e. The minimum atomic E-state index is -0.871. The fraction of sp³-hybridized carbons (Fsp3) is 0.167. The number of methoxy groups -OCH3 is 1. The van der Waals surface area contributed by atoms with Crippen LogP contribution in [-0.4, -0.2) is 24.9 Å². The van der Waals surface area contributed by atoms with E-state index in [1.54, 1.807) is 18.2 Å². The Labute approximate surface area is 155 Å². The topological polar surface area (TPSA) is 65.0 Å². The molecule has 0 aliphatic rings. The van der Waals surface area contributed by atoms with Crippen molar-refractivity contribution in [3.8, 4) is 0 Å². The van der Waals surface area contributed by atoms with Gasteiger partial charge in [0.05, 0.1) is 17.2 Å². The second-order valence-electron chi connectivity index (χ2n) is 5.02. The Bertz CT molecular complexity index is 791. The molecule has 2 rings (SSSR count). The average molecular weight is 380 g/mol. The fourth-order valence-corrected chi connectivity index (χ4v) is 2.30. The predicted octanol–water partition coefficient (Wildman–Crippen LogP) is 4.49. The third-order valence-corrected chi connectivity index (χ3v) is 3.95. The Hall–Kier alpha value is -2.37. The van der Waals surface area contributed by atoms with Crippen molar-refractivity contribution < 1.29 is 19.1 Å². The van der Waals surface area contributed by atoms with Crippen molar-refractivity contribution in [2.45, 2.75) is 13.0 Å². The molecule has 5 nitrogen and oxygen atoms in total. The van der Waals surface area contributed by atoms with Gasteiger partial charge in [0.1, 0.15) is 12.3 Å². The maximum atomic E-state index is 11.9. The first-order valence-electron chi connectivity index (χ1n) is 7.30. The molecule has 1 amide bonds. The molecule has 0 atom stereocenters. The smallest absolute Gasteiger partial charge is 0.434 e. The second kappa shape index (κ2) is 9.20. The number of rotatable bonds is 5. The van der Waals surface area contributed by atoms with E-state index in [1.165, 1.54) is 7.11 Å². The lowest BCUT2D eigenvalue weighted by Crippen LogP contribution is -2.20. The maximum absolute atomic E-state index is 11.9. The summed E-state index contributed by atoms with van der Waals surface area (Å²) in [4.78, 5) is 27.5. The van der Waals surface area contributed by atoms with Crippen LogP contribution in [0.15, 0.2) is 53.5 Å². The lowest BCUT2D eigenvalue weighted by atomic mass is 10.1.